The number of rotatable bonds is 5. The van der Waals surface area contributed by atoms with Crippen LogP contribution >= 0.6 is 0 Å². The molecule has 3 N–H and O–H groups in total. The van der Waals surface area contributed by atoms with Gasteiger partial charge in [0.25, 0.3) is 0 Å². The molecule has 0 radical (unpaired) electrons. The second-order valence-corrected chi connectivity index (χ2v) is 4.82. The molecule has 1 atom stereocenters. The van der Waals surface area contributed by atoms with E-state index in [2.05, 4.69) is 5.43 Å². The van der Waals surface area contributed by atoms with Gasteiger partial charge in [0, 0.05) is 12.7 Å². The molecule has 0 bridgehead atoms. The molecule has 1 aliphatic rings. The van der Waals surface area contributed by atoms with E-state index in [0.717, 1.165) is 24.2 Å². The van der Waals surface area contributed by atoms with Crippen LogP contribution in [0.5, 0.6) is 5.75 Å². The van der Waals surface area contributed by atoms with E-state index in [1.54, 1.807) is 14.2 Å². The van der Waals surface area contributed by atoms with Crippen LogP contribution < -0.4 is 16.0 Å². The van der Waals surface area contributed by atoms with Gasteiger partial charge < -0.3 is 9.47 Å². The molecule has 2 rings (SSSR count). The Hall–Kier alpha value is -1.10. The van der Waals surface area contributed by atoms with Crippen LogP contribution in [0, 0.1) is 0 Å². The highest BCUT2D eigenvalue weighted by Crippen LogP contribution is 2.44. The molecular weight excluding hydrogens is 228 g/mol. The first kappa shape index (κ1) is 13.3. The summed E-state index contributed by atoms with van der Waals surface area (Å²) in [6.45, 7) is 0. The molecule has 0 saturated heterocycles. The smallest absolute Gasteiger partial charge is 0.123 e. The van der Waals surface area contributed by atoms with Crippen molar-refractivity contribution in [3.05, 3.63) is 29.8 Å². The standard InChI is InChI=1S/C14H22N2O2/c1-17-12-8-4-3-7-11(12)13(16-15)14(18-2)9-5-6-10-14/h3-4,7-8,13,16H,5-6,9-10,15H2,1-2H3. The largest absolute Gasteiger partial charge is 0.496 e. The van der Waals surface area contributed by atoms with Gasteiger partial charge in [-0.25, -0.2) is 5.43 Å². The predicted molar refractivity (Wildman–Crippen MR) is 71.3 cm³/mol. The zero-order chi connectivity index (χ0) is 13.0. The number of hydrogen-bond acceptors (Lipinski definition) is 4. The highest BCUT2D eigenvalue weighted by Gasteiger charge is 2.43. The molecule has 0 heterocycles. The Morgan fingerprint density at radius 3 is 2.44 bits per heavy atom. The van der Waals surface area contributed by atoms with Crippen LogP contribution in [0.25, 0.3) is 0 Å². The number of methoxy groups -OCH3 is 2. The zero-order valence-electron chi connectivity index (χ0n) is 11.1. The third kappa shape index (κ3) is 2.23. The first-order chi connectivity index (χ1) is 8.77. The highest BCUT2D eigenvalue weighted by atomic mass is 16.5. The van der Waals surface area contributed by atoms with E-state index in [4.69, 9.17) is 15.3 Å². The normalized spacial score (nSPS) is 19.7. The molecule has 1 fully saturated rings. The molecule has 1 saturated carbocycles. The third-order valence-corrected chi connectivity index (χ3v) is 4.00. The van der Waals surface area contributed by atoms with Crippen LogP contribution in [-0.4, -0.2) is 19.8 Å². The predicted octanol–water partition coefficient (Wildman–Crippen LogP) is 2.16. The Bertz CT molecular complexity index is 389. The van der Waals surface area contributed by atoms with E-state index in [1.165, 1.54) is 12.8 Å². The molecule has 4 heteroatoms. The van der Waals surface area contributed by atoms with Gasteiger partial charge in [-0.2, -0.15) is 0 Å². The van der Waals surface area contributed by atoms with Gasteiger partial charge in [-0.3, -0.25) is 5.84 Å². The minimum Gasteiger partial charge on any atom is -0.496 e. The highest BCUT2D eigenvalue weighted by molar-refractivity contribution is 5.37. The van der Waals surface area contributed by atoms with Gasteiger partial charge >= 0.3 is 0 Å². The van der Waals surface area contributed by atoms with Gasteiger partial charge in [-0.1, -0.05) is 31.0 Å². The topological polar surface area (TPSA) is 56.5 Å². The maximum atomic E-state index is 5.81. The Balaban J connectivity index is 2.38. The number of hydrogen-bond donors (Lipinski definition) is 2. The van der Waals surface area contributed by atoms with Crippen LogP contribution in [0.15, 0.2) is 24.3 Å². The summed E-state index contributed by atoms with van der Waals surface area (Å²) in [5.41, 5.74) is 3.76. The van der Waals surface area contributed by atoms with Crippen molar-refractivity contribution < 1.29 is 9.47 Å². The summed E-state index contributed by atoms with van der Waals surface area (Å²) in [5.74, 6) is 6.63. The second kappa shape index (κ2) is 5.69. The lowest BCUT2D eigenvalue weighted by molar-refractivity contribution is -0.0373. The summed E-state index contributed by atoms with van der Waals surface area (Å²) in [4.78, 5) is 0. The Labute approximate surface area is 108 Å². The summed E-state index contributed by atoms with van der Waals surface area (Å²) < 4.78 is 11.2. The van der Waals surface area contributed by atoms with Crippen molar-refractivity contribution in [1.29, 1.82) is 0 Å². The number of benzene rings is 1. The molecule has 4 nitrogen and oxygen atoms in total. The van der Waals surface area contributed by atoms with Gasteiger partial charge in [0.2, 0.25) is 0 Å². The molecular formula is C14H22N2O2. The van der Waals surface area contributed by atoms with Crippen molar-refractivity contribution in [2.24, 2.45) is 5.84 Å². The minimum absolute atomic E-state index is 0.0406. The summed E-state index contributed by atoms with van der Waals surface area (Å²) >= 11 is 0. The van der Waals surface area contributed by atoms with E-state index in [9.17, 15) is 0 Å². The molecule has 100 valence electrons. The number of ether oxygens (including phenoxy) is 2. The molecule has 1 aromatic carbocycles. The van der Waals surface area contributed by atoms with Gasteiger partial charge in [0.15, 0.2) is 0 Å². The lowest BCUT2D eigenvalue weighted by Crippen LogP contribution is -2.46. The molecule has 0 spiro atoms. The zero-order valence-corrected chi connectivity index (χ0v) is 11.1. The first-order valence-corrected chi connectivity index (χ1v) is 6.41. The maximum Gasteiger partial charge on any atom is 0.123 e. The van der Waals surface area contributed by atoms with Gasteiger partial charge in [-0.15, -0.1) is 0 Å². The van der Waals surface area contributed by atoms with E-state index in [-0.39, 0.29) is 11.6 Å². The van der Waals surface area contributed by atoms with Gasteiger partial charge in [0.05, 0.1) is 18.8 Å². The van der Waals surface area contributed by atoms with Crippen LogP contribution in [0.1, 0.15) is 37.3 Å². The Kier molecular flexibility index (Phi) is 4.22. The fourth-order valence-electron chi connectivity index (χ4n) is 3.01. The molecule has 0 aliphatic heterocycles. The number of hydrazine groups is 1. The second-order valence-electron chi connectivity index (χ2n) is 4.82. The Morgan fingerprint density at radius 2 is 1.89 bits per heavy atom. The van der Waals surface area contributed by atoms with E-state index in [0.29, 0.717) is 0 Å². The number of para-hydroxylation sites is 1. The minimum atomic E-state index is -0.219. The van der Waals surface area contributed by atoms with Crippen LogP contribution in [-0.2, 0) is 4.74 Å². The lowest BCUT2D eigenvalue weighted by atomic mass is 9.86. The van der Waals surface area contributed by atoms with Crippen LogP contribution in [0.4, 0.5) is 0 Å². The Morgan fingerprint density at radius 1 is 1.22 bits per heavy atom. The van der Waals surface area contributed by atoms with Crippen molar-refractivity contribution in [1.82, 2.24) is 5.43 Å². The molecule has 1 aromatic rings. The van der Waals surface area contributed by atoms with Gasteiger partial charge in [0.1, 0.15) is 5.75 Å². The summed E-state index contributed by atoms with van der Waals surface area (Å²) in [6.07, 6.45) is 4.41. The molecule has 0 aromatic heterocycles. The summed E-state index contributed by atoms with van der Waals surface area (Å²) in [7, 11) is 3.45. The van der Waals surface area contributed by atoms with E-state index < -0.39 is 0 Å². The summed E-state index contributed by atoms with van der Waals surface area (Å²) in [6, 6.07) is 7.92. The molecule has 0 amide bonds. The molecule has 1 unspecified atom stereocenters. The molecule has 18 heavy (non-hydrogen) atoms. The summed E-state index contributed by atoms with van der Waals surface area (Å²) in [5, 5.41) is 0. The van der Waals surface area contributed by atoms with Crippen molar-refractivity contribution in [2.45, 2.75) is 37.3 Å². The molecule has 1 aliphatic carbocycles. The van der Waals surface area contributed by atoms with Crippen molar-refractivity contribution in [3.8, 4) is 5.75 Å². The SMILES string of the molecule is COc1ccccc1C(NN)C1(OC)CCCC1. The monoisotopic (exact) mass is 250 g/mol. The van der Waals surface area contributed by atoms with Crippen molar-refractivity contribution >= 4 is 0 Å². The average molecular weight is 250 g/mol. The number of nitrogens with two attached hydrogens (primary N) is 1. The third-order valence-electron chi connectivity index (χ3n) is 4.00. The number of nitrogens with one attached hydrogen (secondary N) is 1. The van der Waals surface area contributed by atoms with Crippen LogP contribution in [0.2, 0.25) is 0 Å². The average Bonchev–Trinajstić information content (AvgIpc) is 2.90. The van der Waals surface area contributed by atoms with Crippen molar-refractivity contribution in [3.63, 3.8) is 0 Å². The first-order valence-electron chi connectivity index (χ1n) is 6.41. The fraction of sp³-hybridized carbons (Fsp3) is 0.571. The lowest BCUT2D eigenvalue weighted by Gasteiger charge is -2.36. The van der Waals surface area contributed by atoms with Crippen molar-refractivity contribution in [2.75, 3.05) is 14.2 Å². The maximum absolute atomic E-state index is 5.81. The van der Waals surface area contributed by atoms with Gasteiger partial charge in [-0.05, 0) is 18.9 Å². The fourth-order valence-corrected chi connectivity index (χ4v) is 3.01. The quantitative estimate of drug-likeness (QED) is 0.621. The van der Waals surface area contributed by atoms with Crippen LogP contribution in [0.3, 0.4) is 0 Å². The van der Waals surface area contributed by atoms with E-state index in [1.807, 2.05) is 24.3 Å². The van der Waals surface area contributed by atoms with E-state index >= 15 is 0 Å².